The van der Waals surface area contributed by atoms with Gasteiger partial charge in [0, 0.05) is 35.7 Å². The van der Waals surface area contributed by atoms with Crippen LogP contribution in [0.1, 0.15) is 44.6 Å². The van der Waals surface area contributed by atoms with Crippen molar-refractivity contribution in [2.45, 2.75) is 39.0 Å². The fourth-order valence-electron chi connectivity index (χ4n) is 3.57. The summed E-state index contributed by atoms with van der Waals surface area (Å²) in [6, 6.07) is 7.82. The lowest BCUT2D eigenvalue weighted by Crippen LogP contribution is -2.31. The summed E-state index contributed by atoms with van der Waals surface area (Å²) in [6.45, 7) is 3.96. The summed E-state index contributed by atoms with van der Waals surface area (Å²) in [5, 5.41) is 3.27. The molecule has 5 nitrogen and oxygen atoms in total. The van der Waals surface area contributed by atoms with Gasteiger partial charge in [0.15, 0.2) is 5.78 Å². The van der Waals surface area contributed by atoms with Gasteiger partial charge >= 0.3 is 5.97 Å². The molecule has 1 aromatic carbocycles. The second-order valence-corrected chi connectivity index (χ2v) is 6.35. The van der Waals surface area contributed by atoms with Crippen molar-refractivity contribution in [2.75, 3.05) is 13.7 Å². The minimum absolute atomic E-state index is 0.0758. The predicted octanol–water partition coefficient (Wildman–Crippen LogP) is 3.23. The first-order chi connectivity index (χ1) is 12.0. The van der Waals surface area contributed by atoms with Crippen LogP contribution in [0.3, 0.4) is 0 Å². The first-order valence-corrected chi connectivity index (χ1v) is 8.57. The molecule has 132 valence electrons. The molecule has 0 saturated carbocycles. The molecule has 0 aromatic heterocycles. The molecule has 0 bridgehead atoms. The van der Waals surface area contributed by atoms with Crippen molar-refractivity contribution in [3.8, 4) is 5.75 Å². The van der Waals surface area contributed by atoms with Crippen molar-refractivity contribution in [2.24, 2.45) is 0 Å². The molecule has 1 N–H and O–H groups in total. The van der Waals surface area contributed by atoms with Gasteiger partial charge < -0.3 is 14.8 Å². The van der Waals surface area contributed by atoms with Crippen molar-refractivity contribution in [3.63, 3.8) is 0 Å². The van der Waals surface area contributed by atoms with Gasteiger partial charge in [0.25, 0.3) is 0 Å². The van der Waals surface area contributed by atoms with Crippen LogP contribution in [0.15, 0.2) is 46.8 Å². The Balaban J connectivity index is 1.86. The summed E-state index contributed by atoms with van der Waals surface area (Å²) in [5.74, 6) is 0.615. The lowest BCUT2D eigenvalue weighted by Gasteiger charge is -2.32. The number of carbonyl (C=O) groups excluding carboxylic acids is 2. The molecule has 0 saturated heterocycles. The third-order valence-corrected chi connectivity index (χ3v) is 4.83. The summed E-state index contributed by atoms with van der Waals surface area (Å²) in [6.07, 6.45) is 1.51. The number of dihydropyridines is 1. The van der Waals surface area contributed by atoms with Gasteiger partial charge in [-0.05, 0) is 31.9 Å². The van der Waals surface area contributed by atoms with E-state index in [4.69, 9.17) is 9.47 Å². The minimum atomic E-state index is -0.348. The van der Waals surface area contributed by atoms with Gasteiger partial charge in [0.05, 0.1) is 19.3 Å². The van der Waals surface area contributed by atoms with E-state index >= 15 is 0 Å². The number of Topliss-reactive ketones (excluding diaryl/α,β-unsaturated/α-hetero) is 1. The Morgan fingerprint density at radius 3 is 2.76 bits per heavy atom. The maximum atomic E-state index is 12.7. The molecule has 2 aliphatic rings. The fourth-order valence-corrected chi connectivity index (χ4v) is 3.57. The zero-order valence-corrected chi connectivity index (χ0v) is 14.8. The first kappa shape index (κ1) is 17.3. The van der Waals surface area contributed by atoms with E-state index in [1.165, 1.54) is 0 Å². The van der Waals surface area contributed by atoms with Crippen LogP contribution in [0.25, 0.3) is 0 Å². The molecule has 5 heteroatoms. The summed E-state index contributed by atoms with van der Waals surface area (Å²) >= 11 is 0. The van der Waals surface area contributed by atoms with Gasteiger partial charge in [-0.15, -0.1) is 0 Å². The quantitative estimate of drug-likeness (QED) is 0.852. The second-order valence-electron chi connectivity index (χ2n) is 6.35. The molecule has 0 fully saturated rings. The lowest BCUT2D eigenvalue weighted by molar-refractivity contribution is -0.138. The SMILES string of the molecule is CCOC(=O)C1=C(C)NC2=C(C1)C(=O)C[C@H](c1ccccc1OC)C2. The Morgan fingerprint density at radius 1 is 1.28 bits per heavy atom. The standard InChI is InChI=1S/C20H23NO4/c1-4-25-20(23)15-11-16-17(21-12(15)2)9-13(10-18(16)22)14-7-5-6-8-19(14)24-3/h5-8,13,21H,4,9-11H2,1-3H3/t13-/m1/s1. The summed E-state index contributed by atoms with van der Waals surface area (Å²) in [4.78, 5) is 24.8. The van der Waals surface area contributed by atoms with Crippen LogP contribution in [-0.4, -0.2) is 25.5 Å². The van der Waals surface area contributed by atoms with E-state index < -0.39 is 0 Å². The van der Waals surface area contributed by atoms with Crippen molar-refractivity contribution in [1.29, 1.82) is 0 Å². The number of hydrogen-bond acceptors (Lipinski definition) is 5. The van der Waals surface area contributed by atoms with Crippen LogP contribution in [0.4, 0.5) is 0 Å². The highest BCUT2D eigenvalue weighted by Crippen LogP contribution is 2.41. The maximum Gasteiger partial charge on any atom is 0.336 e. The van der Waals surface area contributed by atoms with Gasteiger partial charge in [-0.25, -0.2) is 4.79 Å². The Labute approximate surface area is 147 Å². The number of para-hydroxylation sites is 1. The van der Waals surface area contributed by atoms with E-state index in [2.05, 4.69) is 5.32 Å². The molecule has 0 amide bonds. The van der Waals surface area contributed by atoms with Crippen molar-refractivity contribution < 1.29 is 19.1 Å². The van der Waals surface area contributed by atoms with Crippen LogP contribution in [0.2, 0.25) is 0 Å². The van der Waals surface area contributed by atoms with Crippen molar-refractivity contribution in [3.05, 3.63) is 52.4 Å². The highest BCUT2D eigenvalue weighted by molar-refractivity contribution is 6.01. The second kappa shape index (κ2) is 7.13. The first-order valence-electron chi connectivity index (χ1n) is 8.57. The number of hydrogen-bond donors (Lipinski definition) is 1. The zero-order chi connectivity index (χ0) is 18.0. The number of nitrogens with one attached hydrogen (secondary N) is 1. The Morgan fingerprint density at radius 2 is 2.04 bits per heavy atom. The van der Waals surface area contributed by atoms with Crippen LogP contribution in [0, 0.1) is 0 Å². The van der Waals surface area contributed by atoms with Gasteiger partial charge in [0.2, 0.25) is 0 Å². The van der Waals surface area contributed by atoms with Crippen molar-refractivity contribution in [1.82, 2.24) is 5.32 Å². The number of esters is 1. The Kier molecular flexibility index (Phi) is 4.93. The third-order valence-electron chi connectivity index (χ3n) is 4.83. The molecule has 0 radical (unpaired) electrons. The highest BCUT2D eigenvalue weighted by Gasteiger charge is 2.34. The van der Waals surface area contributed by atoms with E-state index in [-0.39, 0.29) is 17.7 Å². The average molecular weight is 341 g/mol. The summed E-state index contributed by atoms with van der Waals surface area (Å²) in [7, 11) is 1.64. The van der Waals surface area contributed by atoms with E-state index in [1.54, 1.807) is 14.0 Å². The molecule has 25 heavy (non-hydrogen) atoms. The van der Waals surface area contributed by atoms with E-state index in [1.807, 2.05) is 31.2 Å². The number of benzene rings is 1. The normalized spacial score (nSPS) is 20.1. The molecule has 3 rings (SSSR count). The van der Waals surface area contributed by atoms with Crippen molar-refractivity contribution >= 4 is 11.8 Å². The number of allylic oxidation sites excluding steroid dienone is 3. The molecule has 0 unspecified atom stereocenters. The fraction of sp³-hybridized carbons (Fsp3) is 0.400. The Bertz CT molecular complexity index is 776. The summed E-state index contributed by atoms with van der Waals surface area (Å²) < 4.78 is 10.5. The van der Waals surface area contributed by atoms with Crippen LogP contribution < -0.4 is 10.1 Å². The molecule has 0 spiro atoms. The van der Waals surface area contributed by atoms with E-state index in [0.717, 1.165) is 29.1 Å². The number of methoxy groups -OCH3 is 1. The largest absolute Gasteiger partial charge is 0.496 e. The van der Waals surface area contributed by atoms with Crippen LogP contribution in [0.5, 0.6) is 5.75 Å². The van der Waals surface area contributed by atoms with Gasteiger partial charge in [-0.1, -0.05) is 18.2 Å². The highest BCUT2D eigenvalue weighted by atomic mass is 16.5. The van der Waals surface area contributed by atoms with Gasteiger partial charge in [-0.3, -0.25) is 4.79 Å². The number of ketones is 1. The molecule has 1 heterocycles. The number of carbonyl (C=O) groups is 2. The van der Waals surface area contributed by atoms with Gasteiger partial charge in [0.1, 0.15) is 5.75 Å². The Hall–Kier alpha value is -2.56. The zero-order valence-electron chi connectivity index (χ0n) is 14.8. The van der Waals surface area contributed by atoms with E-state index in [9.17, 15) is 9.59 Å². The molecule has 1 aliphatic carbocycles. The molecule has 1 aromatic rings. The summed E-state index contributed by atoms with van der Waals surface area (Å²) in [5.41, 5.74) is 3.98. The van der Waals surface area contributed by atoms with Gasteiger partial charge in [-0.2, -0.15) is 0 Å². The van der Waals surface area contributed by atoms with E-state index in [0.29, 0.717) is 30.6 Å². The number of ether oxygens (including phenoxy) is 2. The smallest absolute Gasteiger partial charge is 0.336 e. The van der Waals surface area contributed by atoms with Crippen LogP contribution in [-0.2, 0) is 14.3 Å². The van der Waals surface area contributed by atoms with Crippen LogP contribution >= 0.6 is 0 Å². The molecule has 1 aliphatic heterocycles. The minimum Gasteiger partial charge on any atom is -0.496 e. The average Bonchev–Trinajstić information content (AvgIpc) is 2.61. The predicted molar refractivity (Wildman–Crippen MR) is 94.1 cm³/mol. The molecular weight excluding hydrogens is 318 g/mol. The number of rotatable bonds is 4. The molecule has 1 atom stereocenters. The monoisotopic (exact) mass is 341 g/mol. The third kappa shape index (κ3) is 3.31. The topological polar surface area (TPSA) is 64.6 Å². The maximum absolute atomic E-state index is 12.7. The molecular formula is C20H23NO4. The lowest BCUT2D eigenvalue weighted by atomic mass is 9.78.